The van der Waals surface area contributed by atoms with Crippen LogP contribution in [-0.4, -0.2) is 46.9 Å². The number of hydrogen-bond donors (Lipinski definition) is 1. The third-order valence-corrected chi connectivity index (χ3v) is 5.23. The summed E-state index contributed by atoms with van der Waals surface area (Å²) in [6.07, 6.45) is 1.80. The van der Waals surface area contributed by atoms with Gasteiger partial charge in [0.15, 0.2) is 0 Å². The number of rotatable bonds is 12. The van der Waals surface area contributed by atoms with E-state index in [1.807, 2.05) is 37.3 Å². The lowest BCUT2D eigenvalue weighted by Gasteiger charge is -2.22. The largest absolute Gasteiger partial charge is 0.494 e. The molecule has 2 rings (SSSR count). The van der Waals surface area contributed by atoms with Crippen molar-refractivity contribution in [3.8, 4) is 11.5 Å². The molecule has 1 amide bonds. The van der Waals surface area contributed by atoms with Crippen molar-refractivity contribution >= 4 is 21.6 Å². The maximum absolute atomic E-state index is 12.1. The lowest BCUT2D eigenvalue weighted by molar-refractivity contribution is -0.121. The van der Waals surface area contributed by atoms with Crippen molar-refractivity contribution in [3.05, 3.63) is 54.6 Å². The predicted octanol–water partition coefficient (Wildman–Crippen LogP) is 2.83. The standard InChI is InChI=1S/C21H28N2O5S/c1-3-27-20-13-11-18(12-14-20)23(29(2,25)26)16-7-10-21(24)22-15-17-28-19-8-5-4-6-9-19/h4-6,8-9,11-14H,3,7,10,15-17H2,1-2H3,(H,22,24). The van der Waals surface area contributed by atoms with Crippen molar-refractivity contribution in [3.63, 3.8) is 0 Å². The van der Waals surface area contributed by atoms with Crippen LogP contribution < -0.4 is 19.1 Å². The third kappa shape index (κ3) is 8.03. The van der Waals surface area contributed by atoms with E-state index in [0.717, 1.165) is 12.0 Å². The quantitative estimate of drug-likeness (QED) is 0.534. The van der Waals surface area contributed by atoms with Gasteiger partial charge in [0.25, 0.3) is 0 Å². The minimum Gasteiger partial charge on any atom is -0.494 e. The van der Waals surface area contributed by atoms with Crippen molar-refractivity contribution in [2.24, 2.45) is 0 Å². The molecule has 2 aromatic rings. The first-order chi connectivity index (χ1) is 13.9. The molecule has 2 aromatic carbocycles. The first-order valence-electron chi connectivity index (χ1n) is 9.55. The number of sulfonamides is 1. The molecule has 29 heavy (non-hydrogen) atoms. The molecule has 0 aliphatic rings. The van der Waals surface area contributed by atoms with Crippen LogP contribution in [0, 0.1) is 0 Å². The van der Waals surface area contributed by atoms with E-state index < -0.39 is 10.0 Å². The Kier molecular flexibility index (Phi) is 8.79. The van der Waals surface area contributed by atoms with Gasteiger partial charge >= 0.3 is 0 Å². The van der Waals surface area contributed by atoms with Gasteiger partial charge in [0, 0.05) is 13.0 Å². The van der Waals surface area contributed by atoms with Gasteiger partial charge in [-0.05, 0) is 49.7 Å². The van der Waals surface area contributed by atoms with Gasteiger partial charge in [0.2, 0.25) is 15.9 Å². The zero-order valence-corrected chi connectivity index (χ0v) is 17.7. The lowest BCUT2D eigenvalue weighted by Crippen LogP contribution is -2.32. The molecular formula is C21H28N2O5S. The number of ether oxygens (including phenoxy) is 2. The van der Waals surface area contributed by atoms with Gasteiger partial charge in [-0.1, -0.05) is 18.2 Å². The summed E-state index contributed by atoms with van der Waals surface area (Å²) < 4.78 is 36.5. The van der Waals surface area contributed by atoms with E-state index in [0.29, 0.717) is 37.6 Å². The molecule has 0 bridgehead atoms. The number of nitrogens with one attached hydrogen (secondary N) is 1. The Hall–Kier alpha value is -2.74. The van der Waals surface area contributed by atoms with E-state index in [2.05, 4.69) is 5.32 Å². The van der Waals surface area contributed by atoms with E-state index in [-0.39, 0.29) is 18.9 Å². The molecule has 0 saturated carbocycles. The summed E-state index contributed by atoms with van der Waals surface area (Å²) in [5, 5.41) is 2.78. The Morgan fingerprint density at radius 1 is 1.00 bits per heavy atom. The second kappa shape index (κ2) is 11.3. The average molecular weight is 421 g/mol. The van der Waals surface area contributed by atoms with Crippen LogP contribution in [0.15, 0.2) is 54.6 Å². The number of hydrogen-bond acceptors (Lipinski definition) is 5. The molecule has 8 heteroatoms. The highest BCUT2D eigenvalue weighted by Crippen LogP contribution is 2.22. The van der Waals surface area contributed by atoms with Crippen molar-refractivity contribution < 1.29 is 22.7 Å². The van der Waals surface area contributed by atoms with Crippen LogP contribution in [0.3, 0.4) is 0 Å². The molecule has 7 nitrogen and oxygen atoms in total. The second-order valence-electron chi connectivity index (χ2n) is 6.38. The summed E-state index contributed by atoms with van der Waals surface area (Å²) in [6, 6.07) is 16.2. The molecule has 0 spiro atoms. The van der Waals surface area contributed by atoms with Gasteiger partial charge in [0.1, 0.15) is 18.1 Å². The summed E-state index contributed by atoms with van der Waals surface area (Å²) in [4.78, 5) is 12.0. The van der Waals surface area contributed by atoms with Crippen molar-refractivity contribution in [2.75, 3.05) is 36.9 Å². The van der Waals surface area contributed by atoms with Gasteiger partial charge in [-0.3, -0.25) is 9.10 Å². The fourth-order valence-corrected chi connectivity index (χ4v) is 3.67. The third-order valence-electron chi connectivity index (χ3n) is 4.04. The predicted molar refractivity (Wildman–Crippen MR) is 114 cm³/mol. The maximum Gasteiger partial charge on any atom is 0.232 e. The summed E-state index contributed by atoms with van der Waals surface area (Å²) in [6.45, 7) is 3.41. The average Bonchev–Trinajstić information content (AvgIpc) is 2.69. The fourth-order valence-electron chi connectivity index (χ4n) is 2.71. The van der Waals surface area contributed by atoms with Crippen LogP contribution in [0.2, 0.25) is 0 Å². The molecule has 0 fully saturated rings. The number of carbonyl (C=O) groups is 1. The van der Waals surface area contributed by atoms with Crippen LogP contribution in [0.5, 0.6) is 11.5 Å². The SMILES string of the molecule is CCOc1ccc(N(CCCC(=O)NCCOc2ccccc2)S(C)(=O)=O)cc1. The summed E-state index contributed by atoms with van der Waals surface area (Å²) in [5.41, 5.74) is 0.549. The first kappa shape index (κ1) is 22.5. The maximum atomic E-state index is 12.1. The van der Waals surface area contributed by atoms with Crippen molar-refractivity contribution in [1.82, 2.24) is 5.32 Å². The highest BCUT2D eigenvalue weighted by atomic mass is 32.2. The smallest absolute Gasteiger partial charge is 0.232 e. The highest BCUT2D eigenvalue weighted by molar-refractivity contribution is 7.92. The molecule has 0 aliphatic heterocycles. The van der Waals surface area contributed by atoms with Gasteiger partial charge < -0.3 is 14.8 Å². The minimum atomic E-state index is -3.45. The Bertz CT molecular complexity index is 854. The number of nitrogens with zero attached hydrogens (tertiary/aromatic N) is 1. The molecule has 0 saturated heterocycles. The molecule has 0 atom stereocenters. The zero-order valence-electron chi connectivity index (χ0n) is 16.8. The number of amides is 1. The zero-order chi connectivity index (χ0) is 21.1. The molecular weight excluding hydrogens is 392 g/mol. The van der Waals surface area contributed by atoms with E-state index in [9.17, 15) is 13.2 Å². The molecule has 1 N–H and O–H groups in total. The second-order valence-corrected chi connectivity index (χ2v) is 8.28. The summed E-state index contributed by atoms with van der Waals surface area (Å²) in [5.74, 6) is 1.30. The molecule has 158 valence electrons. The van der Waals surface area contributed by atoms with Crippen LogP contribution in [0.4, 0.5) is 5.69 Å². The molecule has 0 radical (unpaired) electrons. The van der Waals surface area contributed by atoms with Crippen LogP contribution >= 0.6 is 0 Å². The van der Waals surface area contributed by atoms with Gasteiger partial charge in [-0.25, -0.2) is 8.42 Å². The first-order valence-corrected chi connectivity index (χ1v) is 11.4. The number of carbonyl (C=O) groups excluding carboxylic acids is 1. The topological polar surface area (TPSA) is 84.9 Å². The van der Waals surface area contributed by atoms with E-state index in [1.54, 1.807) is 24.3 Å². The van der Waals surface area contributed by atoms with Crippen LogP contribution in [0.25, 0.3) is 0 Å². The number of anilines is 1. The van der Waals surface area contributed by atoms with Crippen molar-refractivity contribution in [2.45, 2.75) is 19.8 Å². The summed E-state index contributed by atoms with van der Waals surface area (Å²) >= 11 is 0. The van der Waals surface area contributed by atoms with E-state index in [1.165, 1.54) is 4.31 Å². The van der Waals surface area contributed by atoms with E-state index in [4.69, 9.17) is 9.47 Å². The fraction of sp³-hybridized carbons (Fsp3) is 0.381. The Balaban J connectivity index is 1.76. The Morgan fingerprint density at radius 3 is 2.28 bits per heavy atom. The van der Waals surface area contributed by atoms with Crippen LogP contribution in [0.1, 0.15) is 19.8 Å². The molecule has 0 unspecified atom stereocenters. The highest BCUT2D eigenvalue weighted by Gasteiger charge is 2.17. The molecule has 0 aliphatic carbocycles. The summed E-state index contributed by atoms with van der Waals surface area (Å²) in [7, 11) is -3.45. The monoisotopic (exact) mass is 420 g/mol. The van der Waals surface area contributed by atoms with Gasteiger partial charge in [-0.2, -0.15) is 0 Å². The molecule has 0 aromatic heterocycles. The molecule has 0 heterocycles. The van der Waals surface area contributed by atoms with Gasteiger partial charge in [0.05, 0.1) is 25.1 Å². The minimum absolute atomic E-state index is 0.137. The van der Waals surface area contributed by atoms with Crippen LogP contribution in [-0.2, 0) is 14.8 Å². The lowest BCUT2D eigenvalue weighted by atomic mass is 10.2. The number of benzene rings is 2. The Labute approximate surface area is 172 Å². The Morgan fingerprint density at radius 2 is 1.66 bits per heavy atom. The number of para-hydroxylation sites is 1. The van der Waals surface area contributed by atoms with Gasteiger partial charge in [-0.15, -0.1) is 0 Å². The van der Waals surface area contributed by atoms with Crippen molar-refractivity contribution in [1.29, 1.82) is 0 Å². The van der Waals surface area contributed by atoms with E-state index >= 15 is 0 Å². The normalized spacial score (nSPS) is 11.0.